The minimum atomic E-state index is -3.77. The van der Waals surface area contributed by atoms with Crippen molar-refractivity contribution in [3.63, 3.8) is 0 Å². The molecule has 0 amide bonds. The van der Waals surface area contributed by atoms with Crippen molar-refractivity contribution in [3.8, 4) is 5.75 Å². The van der Waals surface area contributed by atoms with Crippen LogP contribution in [0.3, 0.4) is 0 Å². The lowest BCUT2D eigenvalue weighted by atomic mass is 10.1. The van der Waals surface area contributed by atoms with Crippen LogP contribution in [0.15, 0.2) is 79.6 Å². The zero-order chi connectivity index (χ0) is 30.5. The van der Waals surface area contributed by atoms with E-state index in [1.807, 2.05) is 43.3 Å². The van der Waals surface area contributed by atoms with Crippen molar-refractivity contribution in [2.45, 2.75) is 46.2 Å². The number of anilines is 2. The maximum Gasteiger partial charge on any atom is 0.342 e. The molecule has 12 nitrogen and oxygen atoms in total. The van der Waals surface area contributed by atoms with Crippen LogP contribution < -0.4 is 20.7 Å². The average molecular weight is 624 g/mol. The molecule has 2 aromatic carbocycles. The van der Waals surface area contributed by atoms with Crippen LogP contribution in [-0.4, -0.2) is 57.6 Å². The smallest absolute Gasteiger partial charge is 0.342 e. The minimum Gasteiger partial charge on any atom is -0.465 e. The number of hydrogen-bond donors (Lipinski definition) is 3. The summed E-state index contributed by atoms with van der Waals surface area (Å²) in [7, 11) is -3.77. The largest absolute Gasteiger partial charge is 0.465 e. The van der Waals surface area contributed by atoms with Crippen LogP contribution in [0, 0.1) is 0 Å². The van der Waals surface area contributed by atoms with Crippen LogP contribution in [0.25, 0.3) is 11.2 Å². The van der Waals surface area contributed by atoms with Gasteiger partial charge in [0.15, 0.2) is 17.0 Å². The van der Waals surface area contributed by atoms with Crippen LogP contribution in [0.2, 0.25) is 0 Å². The third-order valence-electron chi connectivity index (χ3n) is 6.29. The Kier molecular flexibility index (Phi) is 13.3. The first-order chi connectivity index (χ1) is 20.9. The molecule has 0 aliphatic rings. The van der Waals surface area contributed by atoms with E-state index in [1.165, 1.54) is 0 Å². The first-order valence-electron chi connectivity index (χ1n) is 14.1. The van der Waals surface area contributed by atoms with Gasteiger partial charge in [-0.3, -0.25) is 9.36 Å². The molecule has 0 aliphatic heterocycles. The predicted octanol–water partition coefficient (Wildman–Crippen LogP) is 5.43. The Labute approximate surface area is 258 Å². The summed E-state index contributed by atoms with van der Waals surface area (Å²) in [5.74, 6) is 0.480. The topological polar surface area (TPSA) is 156 Å². The fourth-order valence-electron chi connectivity index (χ4n) is 4.19. The molecule has 2 heterocycles. The maximum absolute atomic E-state index is 14.2. The summed E-state index contributed by atoms with van der Waals surface area (Å²) >= 11 is 0. The zero-order valence-electron chi connectivity index (χ0n) is 24.2. The lowest BCUT2D eigenvalue weighted by molar-refractivity contribution is -0.145. The molecule has 4 N–H and O–H groups in total. The highest BCUT2D eigenvalue weighted by atomic mass is 31.2. The van der Waals surface area contributed by atoms with E-state index in [0.29, 0.717) is 35.8 Å². The molecule has 0 spiro atoms. The number of aromatic nitrogens is 4. The highest BCUT2D eigenvalue weighted by Gasteiger charge is 2.33. The number of fused-ring (bicyclic) bond motifs is 1. The number of hydrogen-bond acceptors (Lipinski definition) is 10. The minimum absolute atomic E-state index is 0. The Balaban J connectivity index is 0.00000529. The highest BCUT2D eigenvalue weighted by molar-refractivity contribution is 7.57. The van der Waals surface area contributed by atoms with E-state index in [0.717, 1.165) is 18.4 Å². The Bertz CT molecular complexity index is 1520. The summed E-state index contributed by atoms with van der Waals surface area (Å²) < 4.78 is 33.4. The number of carbonyl (C=O) groups is 1. The number of para-hydroxylation sites is 1. The second-order valence-electron chi connectivity index (χ2n) is 9.72. The number of nitrogens with one attached hydrogen (secondary N) is 2. The molecule has 2 atom stereocenters. The Hall–Kier alpha value is -4.25. The molecular formula is C31H42N7O5P. The molecule has 0 bridgehead atoms. The number of unbranched alkanes of at least 4 members (excludes halogenated alkanes) is 1. The van der Waals surface area contributed by atoms with Crippen LogP contribution in [0.4, 0.5) is 11.8 Å². The van der Waals surface area contributed by atoms with E-state index in [4.69, 9.17) is 19.7 Å². The molecule has 236 valence electrons. The van der Waals surface area contributed by atoms with Gasteiger partial charge in [-0.2, -0.15) is 9.97 Å². The lowest BCUT2D eigenvalue weighted by Gasteiger charge is -2.25. The van der Waals surface area contributed by atoms with Crippen molar-refractivity contribution < 1.29 is 23.4 Å². The average Bonchev–Trinajstić information content (AvgIpc) is 3.41. The standard InChI is InChI=1S/C30H38N7O5P.CH4/c1-3-5-18-41-29(38)25(20-23-12-8-6-9-13-23)36-43(39,42-24-14-10-7-11-15-24)22-40-19-17-37-21-33-26-27(32-16-4-2)34-30(31)35-28(26)37;/h4,6-15,21,25H,2-3,5,16-20,22H2,1H3,(H,36,39)(H3,31,32,34,35);1H4. The van der Waals surface area contributed by atoms with Crippen molar-refractivity contribution in [3.05, 3.63) is 85.2 Å². The molecule has 0 radical (unpaired) electrons. The second-order valence-corrected chi connectivity index (χ2v) is 11.8. The summed E-state index contributed by atoms with van der Waals surface area (Å²) in [6.45, 7) is 6.97. The predicted molar refractivity (Wildman–Crippen MR) is 174 cm³/mol. The fourth-order valence-corrected chi connectivity index (χ4v) is 5.88. The van der Waals surface area contributed by atoms with Gasteiger partial charge in [-0.1, -0.05) is 75.4 Å². The number of imidazole rings is 1. The van der Waals surface area contributed by atoms with Crippen LogP contribution in [0.5, 0.6) is 5.75 Å². The Morgan fingerprint density at radius 3 is 2.55 bits per heavy atom. The number of carbonyl (C=O) groups excluding carboxylic acids is 1. The van der Waals surface area contributed by atoms with Gasteiger partial charge in [0.05, 0.1) is 19.5 Å². The summed E-state index contributed by atoms with van der Waals surface area (Å²) in [5.41, 5.74) is 7.88. The molecule has 4 aromatic rings. The van der Waals surface area contributed by atoms with E-state index >= 15 is 0 Å². The molecule has 4 rings (SSSR count). The maximum atomic E-state index is 14.2. The zero-order valence-corrected chi connectivity index (χ0v) is 25.1. The molecule has 0 fully saturated rings. The number of rotatable bonds is 18. The molecule has 44 heavy (non-hydrogen) atoms. The van der Waals surface area contributed by atoms with Gasteiger partial charge >= 0.3 is 13.5 Å². The summed E-state index contributed by atoms with van der Waals surface area (Å²) in [5, 5.41) is 6.08. The molecule has 2 aromatic heterocycles. The van der Waals surface area contributed by atoms with E-state index < -0.39 is 19.5 Å². The van der Waals surface area contributed by atoms with Gasteiger partial charge in [-0.05, 0) is 30.5 Å². The number of nitrogens with two attached hydrogens (primary N) is 1. The molecule has 0 saturated heterocycles. The number of ether oxygens (including phenoxy) is 2. The van der Waals surface area contributed by atoms with Crippen LogP contribution in [0.1, 0.15) is 32.8 Å². The van der Waals surface area contributed by atoms with Gasteiger partial charge in [-0.15, -0.1) is 6.58 Å². The Morgan fingerprint density at radius 1 is 1.11 bits per heavy atom. The lowest BCUT2D eigenvalue weighted by Crippen LogP contribution is -2.40. The number of nitrogens with zero attached hydrogens (tertiary/aromatic N) is 4. The second kappa shape index (κ2) is 17.1. The van der Waals surface area contributed by atoms with Crippen molar-refractivity contribution >= 4 is 36.4 Å². The SMILES string of the molecule is C.C=CCNc1nc(N)nc2c1ncn2CCOCP(=O)(NC(Cc1ccccc1)C(=O)OCCCC)Oc1ccccc1. The van der Waals surface area contributed by atoms with Crippen molar-refractivity contribution in [2.24, 2.45) is 0 Å². The third-order valence-corrected chi connectivity index (χ3v) is 8.02. The summed E-state index contributed by atoms with van der Waals surface area (Å²) in [4.78, 5) is 26.1. The van der Waals surface area contributed by atoms with Gasteiger partial charge in [0.25, 0.3) is 0 Å². The fraction of sp³-hybridized carbons (Fsp3) is 0.355. The summed E-state index contributed by atoms with van der Waals surface area (Å²) in [6, 6.07) is 17.3. The normalized spacial score (nSPS) is 12.9. The first-order valence-corrected chi connectivity index (χ1v) is 15.9. The molecule has 13 heteroatoms. The van der Waals surface area contributed by atoms with Gasteiger partial charge < -0.3 is 29.6 Å². The quantitative estimate of drug-likeness (QED) is 0.0562. The van der Waals surface area contributed by atoms with Crippen molar-refractivity contribution in [2.75, 3.05) is 37.2 Å². The van der Waals surface area contributed by atoms with E-state index in [9.17, 15) is 9.36 Å². The van der Waals surface area contributed by atoms with Gasteiger partial charge in [0.1, 0.15) is 18.1 Å². The number of nitrogen functional groups attached to an aromatic ring is 1. The van der Waals surface area contributed by atoms with Crippen molar-refractivity contribution in [1.82, 2.24) is 24.6 Å². The first kappa shape index (κ1) is 34.2. The summed E-state index contributed by atoms with van der Waals surface area (Å²) in [6.07, 6.45) is 4.89. The Morgan fingerprint density at radius 2 is 1.84 bits per heavy atom. The van der Waals surface area contributed by atoms with Crippen LogP contribution in [-0.2, 0) is 31.8 Å². The number of esters is 1. The number of benzene rings is 2. The molecule has 2 unspecified atom stereocenters. The van der Waals surface area contributed by atoms with Crippen molar-refractivity contribution in [1.29, 1.82) is 0 Å². The van der Waals surface area contributed by atoms with E-state index in [2.05, 4.69) is 31.9 Å². The van der Waals surface area contributed by atoms with Crippen LogP contribution >= 0.6 is 7.52 Å². The van der Waals surface area contributed by atoms with E-state index in [1.54, 1.807) is 41.2 Å². The van der Waals surface area contributed by atoms with E-state index in [-0.39, 0.29) is 39.4 Å². The van der Waals surface area contributed by atoms with Gasteiger partial charge in [-0.25, -0.2) is 10.1 Å². The molecule has 0 saturated carbocycles. The van der Waals surface area contributed by atoms with Gasteiger partial charge in [0, 0.05) is 13.1 Å². The molecule has 0 aliphatic carbocycles. The molecular weight excluding hydrogens is 581 g/mol. The third kappa shape index (κ3) is 9.90. The monoisotopic (exact) mass is 623 g/mol. The highest BCUT2D eigenvalue weighted by Crippen LogP contribution is 2.44. The van der Waals surface area contributed by atoms with Gasteiger partial charge in [0.2, 0.25) is 5.95 Å².